The first kappa shape index (κ1) is 12.9. The molecule has 3 nitrogen and oxygen atoms in total. The number of nitrogens with one attached hydrogen (secondary N) is 2. The summed E-state index contributed by atoms with van der Waals surface area (Å²) in [7, 11) is 0. The average molecular weight is 320 g/mol. The van der Waals surface area contributed by atoms with Gasteiger partial charge in [-0.05, 0) is 43.4 Å². The van der Waals surface area contributed by atoms with E-state index < -0.39 is 0 Å². The van der Waals surface area contributed by atoms with Crippen molar-refractivity contribution in [3.05, 3.63) is 52.5 Å². The molecule has 1 saturated carbocycles. The first-order valence-electron chi connectivity index (χ1n) is 6.73. The van der Waals surface area contributed by atoms with Crippen LogP contribution in [0.1, 0.15) is 43.1 Å². The Hall–Kier alpha value is -1.13. The SMILES string of the molecule is CC(NC1CC(c2ccc(Br)cc2)C1)c1ncc[nH]1. The first-order valence-corrected chi connectivity index (χ1v) is 7.52. The minimum Gasteiger partial charge on any atom is -0.347 e. The highest BCUT2D eigenvalue weighted by atomic mass is 79.9. The van der Waals surface area contributed by atoms with Gasteiger partial charge in [0.05, 0.1) is 6.04 Å². The van der Waals surface area contributed by atoms with Crippen molar-refractivity contribution in [3.8, 4) is 0 Å². The second-order valence-corrected chi connectivity index (χ2v) is 6.20. The second kappa shape index (κ2) is 5.47. The molecule has 1 aliphatic rings. The van der Waals surface area contributed by atoms with E-state index in [1.807, 2.05) is 6.20 Å². The minimum atomic E-state index is 0.297. The van der Waals surface area contributed by atoms with Gasteiger partial charge in [-0.1, -0.05) is 28.1 Å². The number of hydrogen-bond donors (Lipinski definition) is 2. The quantitative estimate of drug-likeness (QED) is 0.900. The molecular weight excluding hydrogens is 302 g/mol. The van der Waals surface area contributed by atoms with Crippen LogP contribution in [0, 0.1) is 0 Å². The van der Waals surface area contributed by atoms with E-state index >= 15 is 0 Å². The molecule has 0 spiro atoms. The largest absolute Gasteiger partial charge is 0.347 e. The number of nitrogens with zero attached hydrogens (tertiary/aromatic N) is 1. The van der Waals surface area contributed by atoms with Crippen molar-refractivity contribution in [1.29, 1.82) is 0 Å². The van der Waals surface area contributed by atoms with Gasteiger partial charge < -0.3 is 10.3 Å². The molecule has 1 aliphatic carbocycles. The van der Waals surface area contributed by atoms with Gasteiger partial charge in [0.25, 0.3) is 0 Å². The lowest BCUT2D eigenvalue weighted by Gasteiger charge is -2.37. The normalized spacial score (nSPS) is 23.9. The summed E-state index contributed by atoms with van der Waals surface area (Å²) in [6.07, 6.45) is 6.11. The Morgan fingerprint density at radius 1 is 1.32 bits per heavy atom. The molecule has 3 rings (SSSR count). The van der Waals surface area contributed by atoms with E-state index in [1.165, 1.54) is 18.4 Å². The van der Waals surface area contributed by atoms with Gasteiger partial charge in [-0.25, -0.2) is 4.98 Å². The van der Waals surface area contributed by atoms with E-state index in [2.05, 4.69) is 62.4 Å². The highest BCUT2D eigenvalue weighted by molar-refractivity contribution is 9.10. The van der Waals surface area contributed by atoms with E-state index in [9.17, 15) is 0 Å². The summed E-state index contributed by atoms with van der Waals surface area (Å²) < 4.78 is 1.15. The van der Waals surface area contributed by atoms with Crippen molar-refractivity contribution in [2.24, 2.45) is 0 Å². The molecule has 0 amide bonds. The van der Waals surface area contributed by atoms with Crippen LogP contribution in [0.25, 0.3) is 0 Å². The zero-order chi connectivity index (χ0) is 13.2. The lowest BCUT2D eigenvalue weighted by Crippen LogP contribution is -2.41. The number of benzene rings is 1. The summed E-state index contributed by atoms with van der Waals surface area (Å²) in [5, 5.41) is 3.63. The van der Waals surface area contributed by atoms with Crippen LogP contribution in [0.2, 0.25) is 0 Å². The number of aromatic nitrogens is 2. The molecule has 1 aromatic carbocycles. The maximum absolute atomic E-state index is 4.29. The Kier molecular flexibility index (Phi) is 3.71. The van der Waals surface area contributed by atoms with E-state index in [0.29, 0.717) is 18.0 Å². The van der Waals surface area contributed by atoms with E-state index in [1.54, 1.807) is 6.20 Å². The molecule has 2 aromatic rings. The number of H-pyrrole nitrogens is 1. The van der Waals surface area contributed by atoms with Gasteiger partial charge in [0.2, 0.25) is 0 Å². The van der Waals surface area contributed by atoms with Crippen molar-refractivity contribution < 1.29 is 0 Å². The Balaban J connectivity index is 1.51. The summed E-state index contributed by atoms with van der Waals surface area (Å²) in [6.45, 7) is 2.16. The van der Waals surface area contributed by atoms with Crippen molar-refractivity contribution in [2.75, 3.05) is 0 Å². The zero-order valence-corrected chi connectivity index (χ0v) is 12.5. The highest BCUT2D eigenvalue weighted by Gasteiger charge is 2.31. The predicted molar refractivity (Wildman–Crippen MR) is 80.0 cm³/mol. The van der Waals surface area contributed by atoms with Crippen LogP contribution in [0.15, 0.2) is 41.1 Å². The lowest BCUT2D eigenvalue weighted by molar-refractivity contribution is 0.268. The van der Waals surface area contributed by atoms with Gasteiger partial charge in [0.1, 0.15) is 5.82 Å². The third-order valence-corrected chi connectivity index (χ3v) is 4.42. The van der Waals surface area contributed by atoms with Crippen LogP contribution < -0.4 is 5.32 Å². The maximum Gasteiger partial charge on any atom is 0.122 e. The maximum atomic E-state index is 4.29. The zero-order valence-electron chi connectivity index (χ0n) is 10.9. The summed E-state index contributed by atoms with van der Waals surface area (Å²) in [6, 6.07) is 9.60. The van der Waals surface area contributed by atoms with E-state index in [-0.39, 0.29) is 0 Å². The van der Waals surface area contributed by atoms with Crippen molar-refractivity contribution in [1.82, 2.24) is 15.3 Å². The van der Waals surface area contributed by atoms with Crippen LogP contribution in [0.3, 0.4) is 0 Å². The summed E-state index contributed by atoms with van der Waals surface area (Å²) in [5.74, 6) is 1.72. The van der Waals surface area contributed by atoms with Gasteiger partial charge in [-0.15, -0.1) is 0 Å². The minimum absolute atomic E-state index is 0.297. The number of hydrogen-bond acceptors (Lipinski definition) is 2. The Morgan fingerprint density at radius 2 is 2.05 bits per heavy atom. The molecule has 1 heterocycles. The van der Waals surface area contributed by atoms with E-state index in [0.717, 1.165) is 10.3 Å². The molecule has 1 fully saturated rings. The fraction of sp³-hybridized carbons (Fsp3) is 0.400. The molecule has 100 valence electrons. The van der Waals surface area contributed by atoms with E-state index in [4.69, 9.17) is 0 Å². The first-order chi connectivity index (χ1) is 9.22. The predicted octanol–water partition coefficient (Wildman–Crippen LogP) is 3.77. The van der Waals surface area contributed by atoms with Crippen LogP contribution in [0.4, 0.5) is 0 Å². The number of aromatic amines is 1. The van der Waals surface area contributed by atoms with Crippen molar-refractivity contribution in [2.45, 2.75) is 37.8 Å². The standard InChI is InChI=1S/C15H18BrN3/c1-10(15-17-6-7-18-15)19-14-8-12(9-14)11-2-4-13(16)5-3-11/h2-7,10,12,14,19H,8-9H2,1H3,(H,17,18). The lowest BCUT2D eigenvalue weighted by atomic mass is 9.75. The fourth-order valence-electron chi connectivity index (χ4n) is 2.71. The smallest absolute Gasteiger partial charge is 0.122 e. The molecule has 0 saturated heterocycles. The molecule has 1 unspecified atom stereocenters. The number of halogens is 1. The van der Waals surface area contributed by atoms with Gasteiger partial charge in [0.15, 0.2) is 0 Å². The molecular formula is C15H18BrN3. The molecule has 4 heteroatoms. The summed E-state index contributed by atoms with van der Waals surface area (Å²) >= 11 is 3.48. The summed E-state index contributed by atoms with van der Waals surface area (Å²) in [4.78, 5) is 7.45. The number of imidazole rings is 1. The average Bonchev–Trinajstić information content (AvgIpc) is 2.88. The van der Waals surface area contributed by atoms with Gasteiger partial charge >= 0.3 is 0 Å². The third kappa shape index (κ3) is 2.90. The topological polar surface area (TPSA) is 40.7 Å². The van der Waals surface area contributed by atoms with Gasteiger partial charge in [0, 0.05) is 22.9 Å². The van der Waals surface area contributed by atoms with Crippen molar-refractivity contribution in [3.63, 3.8) is 0 Å². The van der Waals surface area contributed by atoms with Gasteiger partial charge in [-0.2, -0.15) is 0 Å². The third-order valence-electron chi connectivity index (χ3n) is 3.89. The monoisotopic (exact) mass is 319 g/mol. The molecule has 1 aromatic heterocycles. The molecule has 0 bridgehead atoms. The highest BCUT2D eigenvalue weighted by Crippen LogP contribution is 2.38. The van der Waals surface area contributed by atoms with Crippen LogP contribution in [0.5, 0.6) is 0 Å². The second-order valence-electron chi connectivity index (χ2n) is 5.28. The summed E-state index contributed by atoms with van der Waals surface area (Å²) in [5.41, 5.74) is 1.45. The number of rotatable bonds is 4. The van der Waals surface area contributed by atoms with Crippen molar-refractivity contribution >= 4 is 15.9 Å². The molecule has 19 heavy (non-hydrogen) atoms. The molecule has 0 radical (unpaired) electrons. The van der Waals surface area contributed by atoms with Crippen LogP contribution >= 0.6 is 15.9 Å². The van der Waals surface area contributed by atoms with Crippen LogP contribution in [-0.2, 0) is 0 Å². The molecule has 1 atom stereocenters. The molecule has 0 aliphatic heterocycles. The Bertz CT molecular complexity index is 515. The Morgan fingerprint density at radius 3 is 2.68 bits per heavy atom. The van der Waals surface area contributed by atoms with Gasteiger partial charge in [-0.3, -0.25) is 0 Å². The fourth-order valence-corrected chi connectivity index (χ4v) is 2.97. The Labute approximate surface area is 122 Å². The van der Waals surface area contributed by atoms with Crippen LogP contribution in [-0.4, -0.2) is 16.0 Å². The molecule has 2 N–H and O–H groups in total.